The summed E-state index contributed by atoms with van der Waals surface area (Å²) in [5, 5.41) is 20.2. The first kappa shape index (κ1) is 16.9. The van der Waals surface area contributed by atoms with Gasteiger partial charge in [-0.05, 0) is 55.8 Å². The number of aryl methyl sites for hydroxylation is 1. The van der Waals surface area contributed by atoms with Crippen molar-refractivity contribution in [3.8, 4) is 11.8 Å². The number of benzene rings is 1. The van der Waals surface area contributed by atoms with Gasteiger partial charge in [0.05, 0.1) is 28.6 Å². The summed E-state index contributed by atoms with van der Waals surface area (Å²) >= 11 is 0. The second kappa shape index (κ2) is 6.34. The fourth-order valence-electron chi connectivity index (χ4n) is 1.85. The van der Waals surface area contributed by atoms with Crippen LogP contribution in [0.15, 0.2) is 24.3 Å². The van der Waals surface area contributed by atoms with E-state index in [0.29, 0.717) is 17.2 Å². The number of sulfonamides is 1. The highest BCUT2D eigenvalue weighted by Crippen LogP contribution is 2.21. The molecule has 0 spiro atoms. The molecule has 0 aliphatic heterocycles. The predicted molar refractivity (Wildman–Crippen MR) is 85.3 cm³/mol. The number of nitrogens with zero attached hydrogens (tertiary/aromatic N) is 5. The molecule has 1 aromatic carbocycles. The van der Waals surface area contributed by atoms with E-state index < -0.39 is 15.4 Å². The molecule has 8 nitrogen and oxygen atoms in total. The Labute approximate surface area is 135 Å². The molecule has 0 fully saturated rings. The van der Waals surface area contributed by atoms with Gasteiger partial charge in [-0.2, -0.15) is 9.94 Å². The maximum atomic E-state index is 12.2. The molecule has 1 aromatic heterocycles. The molecule has 122 valence electrons. The summed E-state index contributed by atoms with van der Waals surface area (Å²) in [5.74, 6) is 0.475. The topological polar surface area (TPSA) is 114 Å². The van der Waals surface area contributed by atoms with Crippen molar-refractivity contribution in [3.05, 3.63) is 30.1 Å². The maximum Gasteiger partial charge on any atom is 0.232 e. The molecule has 0 bridgehead atoms. The van der Waals surface area contributed by atoms with Gasteiger partial charge >= 0.3 is 0 Å². The molecule has 2 aromatic rings. The van der Waals surface area contributed by atoms with Gasteiger partial charge in [-0.25, -0.2) is 8.42 Å². The lowest BCUT2D eigenvalue weighted by molar-refractivity contribution is 0.474. The van der Waals surface area contributed by atoms with Gasteiger partial charge in [-0.1, -0.05) is 6.07 Å². The van der Waals surface area contributed by atoms with E-state index in [2.05, 4.69) is 26.3 Å². The van der Waals surface area contributed by atoms with Gasteiger partial charge < -0.3 is 0 Å². The smallest absolute Gasteiger partial charge is 0.232 e. The van der Waals surface area contributed by atoms with E-state index in [-0.39, 0.29) is 12.2 Å². The first-order valence-corrected chi connectivity index (χ1v) is 8.65. The zero-order valence-corrected chi connectivity index (χ0v) is 14.0. The summed E-state index contributed by atoms with van der Waals surface area (Å²) in [6.07, 6.45) is 0.255. The van der Waals surface area contributed by atoms with Crippen molar-refractivity contribution in [1.29, 1.82) is 5.26 Å². The quantitative estimate of drug-likeness (QED) is 0.859. The average molecular weight is 334 g/mol. The van der Waals surface area contributed by atoms with E-state index in [4.69, 9.17) is 5.26 Å². The van der Waals surface area contributed by atoms with E-state index in [9.17, 15) is 8.42 Å². The SMILES string of the molecule is Cc1nnnn1-c1cccc(NS(=O)(=O)CCC(C)(C)C#N)c1. The van der Waals surface area contributed by atoms with Crippen LogP contribution in [0.25, 0.3) is 5.69 Å². The van der Waals surface area contributed by atoms with Crippen LogP contribution in [0.4, 0.5) is 5.69 Å². The fraction of sp³-hybridized carbons (Fsp3) is 0.429. The number of hydrogen-bond donors (Lipinski definition) is 1. The van der Waals surface area contributed by atoms with E-state index in [0.717, 1.165) is 0 Å². The van der Waals surface area contributed by atoms with Crippen LogP contribution in [-0.2, 0) is 10.0 Å². The Bertz CT molecular complexity index is 835. The Morgan fingerprint density at radius 2 is 2.13 bits per heavy atom. The third-order valence-electron chi connectivity index (χ3n) is 3.29. The molecule has 0 unspecified atom stereocenters. The minimum absolute atomic E-state index is 0.123. The van der Waals surface area contributed by atoms with Gasteiger partial charge in [0.2, 0.25) is 10.0 Å². The van der Waals surface area contributed by atoms with Crippen LogP contribution in [0, 0.1) is 23.7 Å². The van der Waals surface area contributed by atoms with Crippen molar-refractivity contribution in [2.75, 3.05) is 10.5 Å². The summed E-state index contributed by atoms with van der Waals surface area (Å²) in [6.45, 7) is 5.17. The van der Waals surface area contributed by atoms with E-state index >= 15 is 0 Å². The Hall–Kier alpha value is -2.47. The van der Waals surface area contributed by atoms with Crippen LogP contribution in [0.2, 0.25) is 0 Å². The van der Waals surface area contributed by atoms with Crippen LogP contribution < -0.4 is 4.72 Å². The Morgan fingerprint density at radius 3 is 2.74 bits per heavy atom. The van der Waals surface area contributed by atoms with E-state index in [1.807, 2.05) is 0 Å². The number of tetrazole rings is 1. The molecule has 0 saturated heterocycles. The fourth-order valence-corrected chi connectivity index (χ4v) is 3.21. The number of nitrogens with one attached hydrogen (secondary N) is 1. The molecule has 1 N–H and O–H groups in total. The van der Waals surface area contributed by atoms with Gasteiger partial charge in [0.15, 0.2) is 5.82 Å². The van der Waals surface area contributed by atoms with Crippen molar-refractivity contribution in [3.63, 3.8) is 0 Å². The molecule has 0 saturated carbocycles. The monoisotopic (exact) mass is 334 g/mol. The second-order valence-electron chi connectivity index (χ2n) is 5.85. The summed E-state index contributed by atoms with van der Waals surface area (Å²) in [4.78, 5) is 0. The van der Waals surface area contributed by atoms with Crippen molar-refractivity contribution < 1.29 is 8.42 Å². The minimum Gasteiger partial charge on any atom is -0.283 e. The van der Waals surface area contributed by atoms with Gasteiger partial charge in [-0.15, -0.1) is 5.10 Å². The average Bonchev–Trinajstić information content (AvgIpc) is 2.92. The molecular weight excluding hydrogens is 316 g/mol. The number of aromatic nitrogens is 4. The van der Waals surface area contributed by atoms with Crippen molar-refractivity contribution in [1.82, 2.24) is 20.2 Å². The largest absolute Gasteiger partial charge is 0.283 e. The predicted octanol–water partition coefficient (Wildman–Crippen LogP) is 1.65. The van der Waals surface area contributed by atoms with Crippen molar-refractivity contribution in [2.45, 2.75) is 27.2 Å². The van der Waals surface area contributed by atoms with Crippen LogP contribution >= 0.6 is 0 Å². The Balaban J connectivity index is 2.15. The number of hydrogen-bond acceptors (Lipinski definition) is 6. The first-order chi connectivity index (χ1) is 10.7. The highest BCUT2D eigenvalue weighted by molar-refractivity contribution is 7.92. The lowest BCUT2D eigenvalue weighted by atomic mass is 9.93. The maximum absolute atomic E-state index is 12.2. The minimum atomic E-state index is -3.54. The Kier molecular flexibility index (Phi) is 4.65. The lowest BCUT2D eigenvalue weighted by Gasteiger charge is -2.15. The molecule has 0 radical (unpaired) electrons. The zero-order chi connectivity index (χ0) is 17.1. The molecule has 0 aliphatic carbocycles. The molecule has 2 rings (SSSR count). The van der Waals surface area contributed by atoms with E-state index in [1.165, 1.54) is 4.68 Å². The van der Waals surface area contributed by atoms with Crippen molar-refractivity contribution in [2.24, 2.45) is 5.41 Å². The molecule has 23 heavy (non-hydrogen) atoms. The van der Waals surface area contributed by atoms with Gasteiger partial charge in [0, 0.05) is 0 Å². The molecule has 1 heterocycles. The van der Waals surface area contributed by atoms with Crippen LogP contribution in [0.5, 0.6) is 0 Å². The third-order valence-corrected chi connectivity index (χ3v) is 4.58. The zero-order valence-electron chi connectivity index (χ0n) is 13.2. The van der Waals surface area contributed by atoms with Crippen LogP contribution in [-0.4, -0.2) is 34.4 Å². The molecule has 0 amide bonds. The number of nitriles is 1. The summed E-state index contributed by atoms with van der Waals surface area (Å²) in [5.41, 5.74) is 0.400. The third kappa shape index (κ3) is 4.50. The van der Waals surface area contributed by atoms with E-state index in [1.54, 1.807) is 45.0 Å². The summed E-state index contributed by atoms with van der Waals surface area (Å²) in [6, 6.07) is 8.89. The lowest BCUT2D eigenvalue weighted by Crippen LogP contribution is -2.21. The number of anilines is 1. The Morgan fingerprint density at radius 1 is 1.39 bits per heavy atom. The van der Waals surface area contributed by atoms with Gasteiger partial charge in [-0.3, -0.25) is 4.72 Å². The summed E-state index contributed by atoms with van der Waals surface area (Å²) in [7, 11) is -3.54. The summed E-state index contributed by atoms with van der Waals surface area (Å²) < 4.78 is 28.3. The molecule has 9 heteroatoms. The van der Waals surface area contributed by atoms with Gasteiger partial charge in [0.25, 0.3) is 0 Å². The van der Waals surface area contributed by atoms with Crippen LogP contribution in [0.3, 0.4) is 0 Å². The molecule has 0 atom stereocenters. The van der Waals surface area contributed by atoms with Gasteiger partial charge in [0.1, 0.15) is 0 Å². The highest BCUT2D eigenvalue weighted by Gasteiger charge is 2.21. The molecule has 0 aliphatic rings. The highest BCUT2D eigenvalue weighted by atomic mass is 32.2. The van der Waals surface area contributed by atoms with Crippen LogP contribution in [0.1, 0.15) is 26.1 Å². The standard InChI is InChI=1S/C14H18N6O2S/c1-11-16-18-19-20(11)13-6-4-5-12(9-13)17-23(21,22)8-7-14(2,3)10-15/h4-6,9,17H,7-8H2,1-3H3. The van der Waals surface area contributed by atoms with Crippen molar-refractivity contribution >= 4 is 15.7 Å². The second-order valence-corrected chi connectivity index (χ2v) is 7.70. The molecular formula is C14H18N6O2S. The first-order valence-electron chi connectivity index (χ1n) is 7.00. The number of rotatable bonds is 6. The normalized spacial score (nSPS) is 11.9.